The maximum absolute atomic E-state index is 12.5. The van der Waals surface area contributed by atoms with Gasteiger partial charge in [0.2, 0.25) is 0 Å². The molecule has 0 aliphatic carbocycles. The number of ether oxygens (including phenoxy) is 1. The quantitative estimate of drug-likeness (QED) is 0.621. The lowest BCUT2D eigenvalue weighted by molar-refractivity contribution is 0.0527. The Morgan fingerprint density at radius 2 is 1.72 bits per heavy atom. The summed E-state index contributed by atoms with van der Waals surface area (Å²) in [5.41, 5.74) is 1.95. The SMILES string of the molecule is CCOC(=O)c1ccccc1NC(=O)c1cnc(N(C)Cc2ccccc2)cn1. The summed E-state index contributed by atoms with van der Waals surface area (Å²) < 4.78 is 5.02. The van der Waals surface area contributed by atoms with Crippen LogP contribution in [0.15, 0.2) is 67.0 Å². The summed E-state index contributed by atoms with van der Waals surface area (Å²) >= 11 is 0. The Kier molecular flexibility index (Phi) is 6.52. The molecule has 7 nitrogen and oxygen atoms in total. The molecule has 3 rings (SSSR count). The number of aromatic nitrogens is 2. The number of esters is 1. The molecule has 0 spiro atoms. The molecule has 2 aromatic carbocycles. The standard InChI is InChI=1S/C22H22N4O3/c1-3-29-22(28)17-11-7-8-12-18(17)25-21(27)19-13-24-20(14-23-19)26(2)15-16-9-5-4-6-10-16/h4-14H,3,15H2,1-2H3,(H,25,27). The van der Waals surface area contributed by atoms with E-state index in [0.717, 1.165) is 5.56 Å². The van der Waals surface area contributed by atoms with Crippen molar-refractivity contribution in [2.45, 2.75) is 13.5 Å². The van der Waals surface area contributed by atoms with E-state index in [1.165, 1.54) is 6.20 Å². The van der Waals surface area contributed by atoms with Crippen LogP contribution in [-0.4, -0.2) is 35.5 Å². The first-order valence-corrected chi connectivity index (χ1v) is 9.23. The highest BCUT2D eigenvalue weighted by atomic mass is 16.5. The van der Waals surface area contributed by atoms with Gasteiger partial charge in [-0.1, -0.05) is 42.5 Å². The summed E-state index contributed by atoms with van der Waals surface area (Å²) in [6.45, 7) is 2.66. The van der Waals surface area contributed by atoms with Crippen LogP contribution in [-0.2, 0) is 11.3 Å². The largest absolute Gasteiger partial charge is 0.462 e. The third-order valence-electron chi connectivity index (χ3n) is 4.20. The van der Waals surface area contributed by atoms with Crippen molar-refractivity contribution in [3.8, 4) is 0 Å². The number of rotatable bonds is 7. The number of anilines is 2. The maximum Gasteiger partial charge on any atom is 0.340 e. The molecule has 0 aliphatic rings. The first kappa shape index (κ1) is 20.0. The lowest BCUT2D eigenvalue weighted by atomic mass is 10.1. The van der Waals surface area contributed by atoms with Crippen LogP contribution in [0.5, 0.6) is 0 Å². The first-order valence-electron chi connectivity index (χ1n) is 9.23. The first-order chi connectivity index (χ1) is 14.1. The fourth-order valence-corrected chi connectivity index (χ4v) is 2.74. The minimum Gasteiger partial charge on any atom is -0.462 e. The monoisotopic (exact) mass is 390 g/mol. The minimum absolute atomic E-state index is 0.153. The Morgan fingerprint density at radius 1 is 1.00 bits per heavy atom. The lowest BCUT2D eigenvalue weighted by Gasteiger charge is -2.18. The third kappa shape index (κ3) is 5.16. The van der Waals surface area contributed by atoms with E-state index in [4.69, 9.17) is 4.74 Å². The van der Waals surface area contributed by atoms with Crippen LogP contribution < -0.4 is 10.2 Å². The topological polar surface area (TPSA) is 84.4 Å². The van der Waals surface area contributed by atoms with Crippen LogP contribution in [0.4, 0.5) is 11.5 Å². The Bertz CT molecular complexity index is 975. The molecular weight excluding hydrogens is 368 g/mol. The van der Waals surface area contributed by atoms with Crippen molar-refractivity contribution in [1.29, 1.82) is 0 Å². The van der Waals surface area contributed by atoms with E-state index < -0.39 is 11.9 Å². The molecule has 0 fully saturated rings. The van der Waals surface area contributed by atoms with Gasteiger partial charge in [0.1, 0.15) is 11.5 Å². The third-order valence-corrected chi connectivity index (χ3v) is 4.20. The number of para-hydroxylation sites is 1. The zero-order chi connectivity index (χ0) is 20.6. The van der Waals surface area contributed by atoms with Crippen molar-refractivity contribution in [1.82, 2.24) is 9.97 Å². The van der Waals surface area contributed by atoms with Gasteiger partial charge in [-0.05, 0) is 24.6 Å². The predicted molar refractivity (Wildman–Crippen MR) is 111 cm³/mol. The van der Waals surface area contributed by atoms with E-state index in [-0.39, 0.29) is 17.9 Å². The average molecular weight is 390 g/mol. The number of nitrogens with zero attached hydrogens (tertiary/aromatic N) is 3. The van der Waals surface area contributed by atoms with Gasteiger partial charge < -0.3 is 15.0 Å². The second-order valence-corrected chi connectivity index (χ2v) is 6.32. The smallest absolute Gasteiger partial charge is 0.340 e. The van der Waals surface area contributed by atoms with Crippen molar-refractivity contribution in [3.05, 3.63) is 83.8 Å². The van der Waals surface area contributed by atoms with Crippen LogP contribution in [0.25, 0.3) is 0 Å². The summed E-state index contributed by atoms with van der Waals surface area (Å²) in [4.78, 5) is 35.1. The highest BCUT2D eigenvalue weighted by Gasteiger charge is 2.16. The van der Waals surface area contributed by atoms with E-state index in [1.54, 1.807) is 37.4 Å². The Labute approximate surface area is 169 Å². The molecule has 1 aromatic heterocycles. The van der Waals surface area contributed by atoms with Gasteiger partial charge in [0.25, 0.3) is 5.91 Å². The molecule has 0 saturated heterocycles. The predicted octanol–water partition coefficient (Wildman–Crippen LogP) is 3.54. The van der Waals surface area contributed by atoms with E-state index in [0.29, 0.717) is 18.1 Å². The second-order valence-electron chi connectivity index (χ2n) is 6.32. The fourth-order valence-electron chi connectivity index (χ4n) is 2.74. The highest BCUT2D eigenvalue weighted by Crippen LogP contribution is 2.18. The van der Waals surface area contributed by atoms with Gasteiger partial charge in [0.15, 0.2) is 0 Å². The number of nitrogens with one attached hydrogen (secondary N) is 1. The molecule has 3 aromatic rings. The van der Waals surface area contributed by atoms with Crippen LogP contribution in [0, 0.1) is 0 Å². The van der Waals surface area contributed by atoms with E-state index in [9.17, 15) is 9.59 Å². The number of benzene rings is 2. The normalized spacial score (nSPS) is 10.3. The maximum atomic E-state index is 12.5. The molecule has 29 heavy (non-hydrogen) atoms. The van der Waals surface area contributed by atoms with E-state index >= 15 is 0 Å². The molecule has 0 bridgehead atoms. The van der Waals surface area contributed by atoms with Crippen LogP contribution in [0.3, 0.4) is 0 Å². The van der Waals surface area contributed by atoms with Gasteiger partial charge in [0, 0.05) is 13.6 Å². The molecule has 0 unspecified atom stereocenters. The summed E-state index contributed by atoms with van der Waals surface area (Å²) in [5, 5.41) is 2.70. The number of amides is 1. The van der Waals surface area contributed by atoms with Crippen LogP contribution in [0.2, 0.25) is 0 Å². The van der Waals surface area contributed by atoms with Gasteiger partial charge in [-0.2, -0.15) is 0 Å². The molecule has 0 radical (unpaired) electrons. The molecule has 0 saturated carbocycles. The van der Waals surface area contributed by atoms with Crippen molar-refractivity contribution >= 4 is 23.4 Å². The van der Waals surface area contributed by atoms with Gasteiger partial charge in [0.05, 0.1) is 30.3 Å². The lowest BCUT2D eigenvalue weighted by Crippen LogP contribution is -2.20. The summed E-state index contributed by atoms with van der Waals surface area (Å²) in [5.74, 6) is -0.295. The van der Waals surface area contributed by atoms with Gasteiger partial charge in [-0.15, -0.1) is 0 Å². The van der Waals surface area contributed by atoms with Gasteiger partial charge in [-0.3, -0.25) is 4.79 Å². The molecule has 148 valence electrons. The van der Waals surface area contributed by atoms with Crippen molar-refractivity contribution in [3.63, 3.8) is 0 Å². The average Bonchev–Trinajstić information content (AvgIpc) is 2.75. The summed E-state index contributed by atoms with van der Waals surface area (Å²) in [7, 11) is 1.91. The second kappa shape index (κ2) is 9.45. The van der Waals surface area contributed by atoms with Crippen molar-refractivity contribution in [2.75, 3.05) is 23.9 Å². The molecule has 0 aliphatic heterocycles. The molecule has 7 heteroatoms. The molecule has 1 heterocycles. The fraction of sp³-hybridized carbons (Fsp3) is 0.182. The zero-order valence-corrected chi connectivity index (χ0v) is 16.3. The van der Waals surface area contributed by atoms with E-state index in [2.05, 4.69) is 15.3 Å². The number of carbonyl (C=O) groups excluding carboxylic acids is 2. The van der Waals surface area contributed by atoms with Crippen LogP contribution >= 0.6 is 0 Å². The Balaban J connectivity index is 1.69. The number of hydrogen-bond donors (Lipinski definition) is 1. The van der Waals surface area contributed by atoms with Gasteiger partial charge >= 0.3 is 5.97 Å². The molecular formula is C22H22N4O3. The van der Waals surface area contributed by atoms with Crippen molar-refractivity contribution < 1.29 is 14.3 Å². The Hall–Kier alpha value is -3.74. The molecule has 1 N–H and O–H groups in total. The highest BCUT2D eigenvalue weighted by molar-refractivity contribution is 6.06. The van der Waals surface area contributed by atoms with E-state index in [1.807, 2.05) is 42.3 Å². The number of hydrogen-bond acceptors (Lipinski definition) is 6. The summed E-state index contributed by atoms with van der Waals surface area (Å²) in [6, 6.07) is 16.7. The zero-order valence-electron chi connectivity index (χ0n) is 16.3. The Morgan fingerprint density at radius 3 is 2.41 bits per heavy atom. The number of carbonyl (C=O) groups is 2. The van der Waals surface area contributed by atoms with Gasteiger partial charge in [-0.25, -0.2) is 14.8 Å². The summed E-state index contributed by atoms with van der Waals surface area (Å²) in [6.07, 6.45) is 2.97. The molecule has 0 atom stereocenters. The minimum atomic E-state index is -0.493. The molecule has 1 amide bonds. The van der Waals surface area contributed by atoms with Crippen molar-refractivity contribution in [2.24, 2.45) is 0 Å². The van der Waals surface area contributed by atoms with Crippen LogP contribution in [0.1, 0.15) is 33.3 Å².